The third kappa shape index (κ3) is 5.51. The van der Waals surface area contributed by atoms with E-state index in [1.807, 2.05) is 6.92 Å². The number of carbonyl (C=O) groups excluding carboxylic acids is 1. The molecule has 5 heteroatoms. The van der Waals surface area contributed by atoms with Gasteiger partial charge < -0.3 is 5.32 Å². The van der Waals surface area contributed by atoms with Gasteiger partial charge in [-0.1, -0.05) is 40.0 Å². The third-order valence-corrected chi connectivity index (χ3v) is 5.90. The Balaban J connectivity index is 2.42. The Bertz CT molecular complexity index is 391. The van der Waals surface area contributed by atoms with Gasteiger partial charge in [0.2, 0.25) is 5.91 Å². The van der Waals surface area contributed by atoms with Crippen molar-refractivity contribution >= 4 is 15.7 Å². The molecule has 1 N–H and O–H groups in total. The Morgan fingerprint density at radius 1 is 1.32 bits per heavy atom. The second-order valence-corrected chi connectivity index (χ2v) is 8.00. The first-order chi connectivity index (χ1) is 8.88. The van der Waals surface area contributed by atoms with E-state index in [1.165, 1.54) is 0 Å². The maximum atomic E-state index is 12.0. The zero-order valence-electron chi connectivity index (χ0n) is 12.3. The largest absolute Gasteiger partial charge is 0.352 e. The summed E-state index contributed by atoms with van der Waals surface area (Å²) >= 11 is 0. The first-order valence-corrected chi connectivity index (χ1v) is 9.19. The van der Waals surface area contributed by atoms with Crippen LogP contribution in [0.3, 0.4) is 0 Å². The molecule has 19 heavy (non-hydrogen) atoms. The van der Waals surface area contributed by atoms with Crippen LogP contribution in [0.25, 0.3) is 0 Å². The van der Waals surface area contributed by atoms with E-state index in [-0.39, 0.29) is 29.4 Å². The van der Waals surface area contributed by atoms with Gasteiger partial charge >= 0.3 is 0 Å². The first-order valence-electron chi connectivity index (χ1n) is 7.37. The van der Waals surface area contributed by atoms with Gasteiger partial charge in [0, 0.05) is 12.5 Å². The Kier molecular flexibility index (Phi) is 6.30. The monoisotopic (exact) mass is 289 g/mol. The summed E-state index contributed by atoms with van der Waals surface area (Å²) in [5.74, 6) is 0.770. The molecule has 3 atom stereocenters. The predicted octanol–water partition coefficient (Wildman–Crippen LogP) is 2.14. The molecule has 1 aliphatic heterocycles. The average molecular weight is 289 g/mol. The fraction of sp³-hybridized carbons (Fsp3) is 0.929. The first kappa shape index (κ1) is 16.5. The van der Waals surface area contributed by atoms with Crippen LogP contribution in [-0.4, -0.2) is 31.9 Å². The fourth-order valence-corrected chi connectivity index (χ4v) is 4.81. The SMILES string of the molecule is CCCC[C@H](CC)CC(=O)N[C@@H]1CS(=O)(=O)C[C@@H]1C. The van der Waals surface area contributed by atoms with Gasteiger partial charge in [0.15, 0.2) is 9.84 Å². The second kappa shape index (κ2) is 7.27. The van der Waals surface area contributed by atoms with Crippen LogP contribution in [0.1, 0.15) is 52.9 Å². The number of nitrogens with one attached hydrogen (secondary N) is 1. The van der Waals surface area contributed by atoms with Gasteiger partial charge in [-0.3, -0.25) is 4.79 Å². The lowest BCUT2D eigenvalue weighted by Crippen LogP contribution is -2.39. The molecule has 0 unspecified atom stereocenters. The molecule has 1 saturated heterocycles. The van der Waals surface area contributed by atoms with Crippen LogP contribution in [0, 0.1) is 11.8 Å². The molecule has 0 aliphatic carbocycles. The normalized spacial score (nSPS) is 27.1. The molecule has 0 aromatic heterocycles. The van der Waals surface area contributed by atoms with Crippen molar-refractivity contribution in [3.63, 3.8) is 0 Å². The van der Waals surface area contributed by atoms with Crippen LogP contribution in [-0.2, 0) is 14.6 Å². The third-order valence-electron chi connectivity index (χ3n) is 4.00. The minimum atomic E-state index is -2.95. The number of hydrogen-bond donors (Lipinski definition) is 1. The molecule has 0 spiro atoms. The molecular weight excluding hydrogens is 262 g/mol. The van der Waals surface area contributed by atoms with Crippen molar-refractivity contribution in [3.8, 4) is 0 Å². The Labute approximate surface area is 117 Å². The molecule has 1 aliphatic rings. The number of unbranched alkanes of at least 4 members (excludes halogenated alkanes) is 1. The number of sulfone groups is 1. The molecule has 0 bridgehead atoms. The molecule has 0 radical (unpaired) electrons. The molecule has 4 nitrogen and oxygen atoms in total. The van der Waals surface area contributed by atoms with E-state index < -0.39 is 9.84 Å². The molecule has 1 fully saturated rings. The van der Waals surface area contributed by atoms with E-state index in [1.54, 1.807) is 0 Å². The Hall–Kier alpha value is -0.580. The van der Waals surface area contributed by atoms with Crippen molar-refractivity contribution in [1.82, 2.24) is 5.32 Å². The van der Waals surface area contributed by atoms with Crippen LogP contribution in [0.2, 0.25) is 0 Å². The van der Waals surface area contributed by atoms with Gasteiger partial charge in [-0.25, -0.2) is 8.42 Å². The minimum absolute atomic E-state index is 0.0110. The van der Waals surface area contributed by atoms with Gasteiger partial charge in [-0.15, -0.1) is 0 Å². The highest BCUT2D eigenvalue weighted by Gasteiger charge is 2.35. The summed E-state index contributed by atoms with van der Waals surface area (Å²) in [5.41, 5.74) is 0. The lowest BCUT2D eigenvalue weighted by molar-refractivity contribution is -0.122. The molecule has 112 valence electrons. The molecular formula is C14H27NO3S. The summed E-state index contributed by atoms with van der Waals surface area (Å²) in [6, 6.07) is -0.193. The van der Waals surface area contributed by atoms with E-state index in [9.17, 15) is 13.2 Å². The lowest BCUT2D eigenvalue weighted by atomic mass is 9.95. The van der Waals surface area contributed by atoms with Gasteiger partial charge in [-0.05, 0) is 18.3 Å². The molecule has 1 rings (SSSR count). The topological polar surface area (TPSA) is 63.2 Å². The van der Waals surface area contributed by atoms with Crippen molar-refractivity contribution in [2.45, 2.75) is 58.9 Å². The summed E-state index contributed by atoms with van der Waals surface area (Å²) in [7, 11) is -2.95. The van der Waals surface area contributed by atoms with Gasteiger partial charge in [0.1, 0.15) is 0 Å². The summed E-state index contributed by atoms with van der Waals surface area (Å²) in [6.45, 7) is 6.15. The number of amides is 1. The highest BCUT2D eigenvalue weighted by Crippen LogP contribution is 2.20. The van der Waals surface area contributed by atoms with Crippen molar-refractivity contribution in [2.75, 3.05) is 11.5 Å². The van der Waals surface area contributed by atoms with Crippen molar-refractivity contribution in [1.29, 1.82) is 0 Å². The van der Waals surface area contributed by atoms with Crippen molar-refractivity contribution in [2.24, 2.45) is 11.8 Å². The van der Waals surface area contributed by atoms with Crippen LogP contribution >= 0.6 is 0 Å². The number of rotatable bonds is 7. The molecule has 0 aromatic carbocycles. The number of hydrogen-bond acceptors (Lipinski definition) is 3. The highest BCUT2D eigenvalue weighted by atomic mass is 32.2. The van der Waals surface area contributed by atoms with Crippen LogP contribution in [0.5, 0.6) is 0 Å². The zero-order valence-corrected chi connectivity index (χ0v) is 13.1. The lowest BCUT2D eigenvalue weighted by Gasteiger charge is -2.19. The van der Waals surface area contributed by atoms with E-state index in [0.717, 1.165) is 25.7 Å². The van der Waals surface area contributed by atoms with E-state index >= 15 is 0 Å². The van der Waals surface area contributed by atoms with Gasteiger partial charge in [0.05, 0.1) is 11.5 Å². The Morgan fingerprint density at radius 2 is 2.00 bits per heavy atom. The molecule has 1 amide bonds. The van der Waals surface area contributed by atoms with Crippen molar-refractivity contribution < 1.29 is 13.2 Å². The summed E-state index contributed by atoms with van der Waals surface area (Å²) in [4.78, 5) is 12.0. The van der Waals surface area contributed by atoms with Gasteiger partial charge in [0.25, 0.3) is 0 Å². The van der Waals surface area contributed by atoms with Crippen LogP contribution < -0.4 is 5.32 Å². The maximum Gasteiger partial charge on any atom is 0.220 e. The van der Waals surface area contributed by atoms with Gasteiger partial charge in [-0.2, -0.15) is 0 Å². The summed E-state index contributed by atoms with van der Waals surface area (Å²) in [6.07, 6.45) is 4.92. The quantitative estimate of drug-likeness (QED) is 0.781. The standard InChI is InChI=1S/C14H27NO3S/c1-4-6-7-12(5-2)8-14(16)15-13-10-19(17,18)9-11(13)3/h11-13H,4-10H2,1-3H3,(H,15,16)/t11-,12-,13+/m0/s1. The van der Waals surface area contributed by atoms with Crippen LogP contribution in [0.15, 0.2) is 0 Å². The van der Waals surface area contributed by atoms with E-state index in [4.69, 9.17) is 0 Å². The molecule has 0 saturated carbocycles. The average Bonchev–Trinajstić information content (AvgIpc) is 2.57. The predicted molar refractivity (Wildman–Crippen MR) is 77.7 cm³/mol. The van der Waals surface area contributed by atoms with E-state index in [2.05, 4.69) is 19.2 Å². The molecule has 0 aromatic rings. The van der Waals surface area contributed by atoms with Crippen LogP contribution in [0.4, 0.5) is 0 Å². The fourth-order valence-electron chi connectivity index (χ4n) is 2.68. The second-order valence-electron chi connectivity index (χ2n) is 5.85. The summed E-state index contributed by atoms with van der Waals surface area (Å²) < 4.78 is 23.0. The zero-order chi connectivity index (χ0) is 14.5. The minimum Gasteiger partial charge on any atom is -0.352 e. The van der Waals surface area contributed by atoms with E-state index in [0.29, 0.717) is 12.3 Å². The maximum absolute atomic E-state index is 12.0. The number of carbonyl (C=O) groups is 1. The Morgan fingerprint density at radius 3 is 2.47 bits per heavy atom. The molecule has 1 heterocycles. The summed E-state index contributed by atoms with van der Waals surface area (Å²) in [5, 5.41) is 2.91. The smallest absolute Gasteiger partial charge is 0.220 e. The van der Waals surface area contributed by atoms with Crippen molar-refractivity contribution in [3.05, 3.63) is 0 Å². The highest BCUT2D eigenvalue weighted by molar-refractivity contribution is 7.91.